The monoisotopic (exact) mass is 284 g/mol. The van der Waals surface area contributed by atoms with Crippen LogP contribution in [0.5, 0.6) is 0 Å². The third-order valence-corrected chi connectivity index (χ3v) is 3.47. The van der Waals surface area contributed by atoms with E-state index in [1.54, 1.807) is 24.3 Å². The second-order valence-electron chi connectivity index (χ2n) is 4.88. The number of rotatable bonds is 3. The lowest BCUT2D eigenvalue weighted by Crippen LogP contribution is -2.01. The number of aryl methyl sites for hydroxylation is 1. The highest BCUT2D eigenvalue weighted by Gasteiger charge is 2.13. The van der Waals surface area contributed by atoms with E-state index in [0.717, 1.165) is 10.9 Å². The smallest absolute Gasteiger partial charge is 0.202 e. The van der Waals surface area contributed by atoms with Gasteiger partial charge in [0.25, 0.3) is 0 Å². The molecule has 0 saturated heterocycles. The first-order valence-electron chi connectivity index (χ1n) is 6.40. The van der Waals surface area contributed by atoms with Gasteiger partial charge >= 0.3 is 0 Å². The number of benzene rings is 2. The Hall–Kier alpha value is -2.06. The van der Waals surface area contributed by atoms with Crippen LogP contribution in [0.3, 0.4) is 0 Å². The summed E-state index contributed by atoms with van der Waals surface area (Å²) in [5.74, 6) is 0.351. The standard InChI is InChI=1S/C17H13ClO2/c1-11-2-4-12(5-3-11)8-15(19)17-10-13-9-14(18)6-7-16(13)20-17/h2-7,9-10H,8H2,1H3. The average Bonchev–Trinajstić information content (AvgIpc) is 2.84. The Morgan fingerprint density at radius 3 is 2.60 bits per heavy atom. The molecule has 3 heteroatoms. The molecule has 0 atom stereocenters. The second kappa shape index (κ2) is 5.14. The third-order valence-electron chi connectivity index (χ3n) is 3.24. The molecule has 1 heterocycles. The first kappa shape index (κ1) is 12.9. The molecule has 2 aromatic carbocycles. The summed E-state index contributed by atoms with van der Waals surface area (Å²) >= 11 is 5.93. The highest BCUT2D eigenvalue weighted by Crippen LogP contribution is 2.24. The molecule has 0 N–H and O–H groups in total. The number of hydrogen-bond donors (Lipinski definition) is 0. The van der Waals surface area contributed by atoms with Crippen molar-refractivity contribution in [3.8, 4) is 0 Å². The normalized spacial score (nSPS) is 10.9. The van der Waals surface area contributed by atoms with Gasteiger partial charge in [0.15, 0.2) is 5.76 Å². The van der Waals surface area contributed by atoms with E-state index in [1.807, 2.05) is 31.2 Å². The SMILES string of the molecule is Cc1ccc(CC(=O)c2cc3cc(Cl)ccc3o2)cc1. The maximum Gasteiger partial charge on any atom is 0.202 e. The van der Waals surface area contributed by atoms with Gasteiger partial charge in [0, 0.05) is 16.8 Å². The molecule has 0 saturated carbocycles. The van der Waals surface area contributed by atoms with Crippen molar-refractivity contribution in [2.45, 2.75) is 13.3 Å². The van der Waals surface area contributed by atoms with E-state index in [0.29, 0.717) is 22.8 Å². The molecule has 20 heavy (non-hydrogen) atoms. The molecular weight excluding hydrogens is 272 g/mol. The van der Waals surface area contributed by atoms with Crippen LogP contribution in [0.4, 0.5) is 0 Å². The topological polar surface area (TPSA) is 30.2 Å². The predicted molar refractivity (Wildman–Crippen MR) is 80.4 cm³/mol. The molecule has 1 aromatic heterocycles. The van der Waals surface area contributed by atoms with Crippen LogP contribution >= 0.6 is 11.6 Å². The van der Waals surface area contributed by atoms with Gasteiger partial charge in [-0.1, -0.05) is 41.4 Å². The van der Waals surface area contributed by atoms with Crippen LogP contribution in [0.1, 0.15) is 21.7 Å². The zero-order valence-electron chi connectivity index (χ0n) is 11.0. The molecule has 0 bridgehead atoms. The minimum absolute atomic E-state index is 0.0267. The minimum atomic E-state index is -0.0267. The fourth-order valence-corrected chi connectivity index (χ4v) is 2.31. The van der Waals surface area contributed by atoms with Crippen LogP contribution in [0.25, 0.3) is 11.0 Å². The van der Waals surface area contributed by atoms with Gasteiger partial charge in [0.1, 0.15) is 5.58 Å². The van der Waals surface area contributed by atoms with Crippen LogP contribution in [0.2, 0.25) is 5.02 Å². The van der Waals surface area contributed by atoms with E-state index in [4.69, 9.17) is 16.0 Å². The quantitative estimate of drug-likeness (QED) is 0.646. The Morgan fingerprint density at radius 2 is 1.85 bits per heavy atom. The molecule has 0 unspecified atom stereocenters. The van der Waals surface area contributed by atoms with Crippen molar-refractivity contribution in [2.24, 2.45) is 0 Å². The lowest BCUT2D eigenvalue weighted by Gasteiger charge is -1.99. The van der Waals surface area contributed by atoms with Gasteiger partial charge in [-0.2, -0.15) is 0 Å². The zero-order valence-corrected chi connectivity index (χ0v) is 11.8. The highest BCUT2D eigenvalue weighted by atomic mass is 35.5. The van der Waals surface area contributed by atoms with Gasteiger partial charge in [0.05, 0.1) is 0 Å². The molecule has 2 nitrogen and oxygen atoms in total. The van der Waals surface area contributed by atoms with Crippen molar-refractivity contribution in [1.82, 2.24) is 0 Å². The fraction of sp³-hybridized carbons (Fsp3) is 0.118. The highest BCUT2D eigenvalue weighted by molar-refractivity contribution is 6.31. The van der Waals surface area contributed by atoms with Gasteiger partial charge < -0.3 is 4.42 Å². The number of ketones is 1. The van der Waals surface area contributed by atoms with Crippen molar-refractivity contribution < 1.29 is 9.21 Å². The molecule has 3 rings (SSSR count). The first-order chi connectivity index (χ1) is 9.61. The Kier molecular flexibility index (Phi) is 3.33. The molecule has 0 aliphatic carbocycles. The first-order valence-corrected chi connectivity index (χ1v) is 6.77. The van der Waals surface area contributed by atoms with E-state index >= 15 is 0 Å². The van der Waals surface area contributed by atoms with E-state index in [-0.39, 0.29) is 5.78 Å². The number of fused-ring (bicyclic) bond motifs is 1. The summed E-state index contributed by atoms with van der Waals surface area (Å²) in [4.78, 5) is 12.2. The van der Waals surface area contributed by atoms with Crippen molar-refractivity contribution in [2.75, 3.05) is 0 Å². The average molecular weight is 285 g/mol. The van der Waals surface area contributed by atoms with E-state index in [1.165, 1.54) is 5.56 Å². The summed E-state index contributed by atoms with van der Waals surface area (Å²) in [6.45, 7) is 2.02. The van der Waals surface area contributed by atoms with Crippen molar-refractivity contribution in [3.05, 3.63) is 70.4 Å². The maximum atomic E-state index is 12.2. The second-order valence-corrected chi connectivity index (χ2v) is 5.31. The number of furan rings is 1. The number of Topliss-reactive ketones (excluding diaryl/α,β-unsaturated/α-hetero) is 1. The molecule has 0 spiro atoms. The minimum Gasteiger partial charge on any atom is -0.453 e. The number of halogens is 1. The zero-order chi connectivity index (χ0) is 14.1. The Balaban J connectivity index is 1.86. The van der Waals surface area contributed by atoms with Crippen molar-refractivity contribution in [1.29, 1.82) is 0 Å². The third kappa shape index (κ3) is 2.61. The molecule has 0 radical (unpaired) electrons. The predicted octanol–water partition coefficient (Wildman–Crippen LogP) is 4.82. The van der Waals surface area contributed by atoms with Gasteiger partial charge in [-0.05, 0) is 36.8 Å². The van der Waals surface area contributed by atoms with Crippen molar-refractivity contribution in [3.63, 3.8) is 0 Å². The van der Waals surface area contributed by atoms with Crippen molar-refractivity contribution >= 4 is 28.4 Å². The molecule has 100 valence electrons. The number of carbonyl (C=O) groups excluding carboxylic acids is 1. The summed E-state index contributed by atoms with van der Waals surface area (Å²) in [6, 6.07) is 15.0. The molecule has 0 aliphatic rings. The van der Waals surface area contributed by atoms with E-state index < -0.39 is 0 Å². The van der Waals surface area contributed by atoms with Gasteiger partial charge in [-0.25, -0.2) is 0 Å². The van der Waals surface area contributed by atoms with E-state index in [2.05, 4.69) is 0 Å². The lowest BCUT2D eigenvalue weighted by molar-refractivity contribution is 0.0968. The lowest BCUT2D eigenvalue weighted by atomic mass is 10.1. The fourth-order valence-electron chi connectivity index (χ4n) is 2.13. The summed E-state index contributed by atoms with van der Waals surface area (Å²) in [6.07, 6.45) is 0.341. The number of carbonyl (C=O) groups is 1. The van der Waals surface area contributed by atoms with Gasteiger partial charge in [0.2, 0.25) is 5.78 Å². The molecule has 3 aromatic rings. The summed E-state index contributed by atoms with van der Waals surface area (Å²) < 4.78 is 5.57. The van der Waals surface area contributed by atoms with Crippen LogP contribution in [0.15, 0.2) is 52.9 Å². The summed E-state index contributed by atoms with van der Waals surface area (Å²) in [5, 5.41) is 1.49. The van der Waals surface area contributed by atoms with Crippen LogP contribution in [-0.2, 0) is 6.42 Å². The Bertz CT molecular complexity index is 769. The van der Waals surface area contributed by atoms with Gasteiger partial charge in [-0.15, -0.1) is 0 Å². The molecular formula is C17H13ClO2. The molecule has 0 aliphatic heterocycles. The van der Waals surface area contributed by atoms with E-state index in [9.17, 15) is 4.79 Å². The number of hydrogen-bond acceptors (Lipinski definition) is 2. The van der Waals surface area contributed by atoms with Gasteiger partial charge in [-0.3, -0.25) is 4.79 Å². The summed E-state index contributed by atoms with van der Waals surface area (Å²) in [5.41, 5.74) is 2.85. The molecule has 0 amide bonds. The van der Waals surface area contributed by atoms with Crippen LogP contribution in [0, 0.1) is 6.92 Å². The molecule has 0 fully saturated rings. The Labute approximate surface area is 122 Å². The van der Waals surface area contributed by atoms with Crippen LogP contribution < -0.4 is 0 Å². The largest absolute Gasteiger partial charge is 0.453 e. The van der Waals surface area contributed by atoms with Crippen LogP contribution in [-0.4, -0.2) is 5.78 Å². The maximum absolute atomic E-state index is 12.2. The summed E-state index contributed by atoms with van der Waals surface area (Å²) in [7, 11) is 0. The Morgan fingerprint density at radius 1 is 1.10 bits per heavy atom.